The maximum absolute atomic E-state index is 13.3. The summed E-state index contributed by atoms with van der Waals surface area (Å²) in [5.41, 5.74) is -3.18. The Balaban J connectivity index is 2.85. The van der Waals surface area contributed by atoms with Gasteiger partial charge in [-0.3, -0.25) is 9.59 Å². The van der Waals surface area contributed by atoms with Gasteiger partial charge in [-0.1, -0.05) is 88.5 Å². The van der Waals surface area contributed by atoms with Crippen molar-refractivity contribution in [1.82, 2.24) is 5.32 Å². The summed E-state index contributed by atoms with van der Waals surface area (Å²) in [5, 5.41) is 52.7. The van der Waals surface area contributed by atoms with Crippen LogP contribution in [0.25, 0.3) is 0 Å². The van der Waals surface area contributed by atoms with E-state index < -0.39 is 53.4 Å². The van der Waals surface area contributed by atoms with Crippen LogP contribution in [0.1, 0.15) is 110 Å². The Bertz CT molecular complexity index is 1210. The van der Waals surface area contributed by atoms with Gasteiger partial charge >= 0.3 is 17.9 Å². The minimum Gasteiger partial charge on any atom is -0.481 e. The summed E-state index contributed by atoms with van der Waals surface area (Å²) < 4.78 is 5.44. The van der Waals surface area contributed by atoms with Crippen molar-refractivity contribution in [3.8, 4) is 17.6 Å². The van der Waals surface area contributed by atoms with E-state index in [1.807, 2.05) is 6.92 Å². The number of ether oxygens (including phenoxy) is 1. The quantitative estimate of drug-likeness (QED) is 0.0467. The number of nitrogens with one attached hydrogen (secondary N) is 1. The van der Waals surface area contributed by atoms with Gasteiger partial charge in [0.25, 0.3) is 0 Å². The fraction of sp³-hybridized carbons (Fsp3) is 0.611. The standard InChI is InChI=1S/C36H53NO10/c1-4-6-8-12-15-22-35(3,45)23-16-13-10-9-11-14-17-29(36(46,34(43)44)26-31(38)39)32(40)37-30(33(41)42)25-27-18-20-28(21-19-27)47-24-7-5-2/h14,17-21,29-30,45-46H,4,6,8-13,15-16,22-26H2,1-3H3,(H,37,40)(H,38,39)(H,41,42)(H,43,44)/b17-14+/t29?,30-,35?,36-/m0/s1. The van der Waals surface area contributed by atoms with Crippen LogP contribution in [0.3, 0.4) is 0 Å². The maximum Gasteiger partial charge on any atom is 0.337 e. The second-order valence-electron chi connectivity index (χ2n) is 12.3. The molecule has 0 aliphatic carbocycles. The van der Waals surface area contributed by atoms with Gasteiger partial charge in [0.15, 0.2) is 5.60 Å². The van der Waals surface area contributed by atoms with Gasteiger partial charge in [0.05, 0.1) is 17.9 Å². The smallest absolute Gasteiger partial charge is 0.337 e. The summed E-state index contributed by atoms with van der Waals surface area (Å²) in [6, 6.07) is 4.97. The molecule has 0 saturated carbocycles. The molecule has 262 valence electrons. The average Bonchev–Trinajstić information content (AvgIpc) is 3.00. The number of aliphatic carboxylic acids is 3. The molecule has 4 atom stereocenters. The molecule has 47 heavy (non-hydrogen) atoms. The van der Waals surface area contributed by atoms with Crippen molar-refractivity contribution in [3.05, 3.63) is 42.0 Å². The molecule has 0 aliphatic heterocycles. The second-order valence-corrected chi connectivity index (χ2v) is 12.3. The number of unbranched alkanes of at least 4 members (excludes halogenated alkanes) is 8. The molecule has 11 nitrogen and oxygen atoms in total. The number of carboxylic acids is 3. The SMILES string of the molecule is CC#CCOc1ccc(C[C@H](NC(=O)C(/C=C/CCCCCCC(C)(O)CCCCCCC)[C@@](O)(CC(=O)O)C(=O)O)C(=O)O)cc1. The van der Waals surface area contributed by atoms with Crippen molar-refractivity contribution in [2.75, 3.05) is 6.61 Å². The number of benzene rings is 1. The molecular weight excluding hydrogens is 606 g/mol. The third-order valence-electron chi connectivity index (χ3n) is 8.04. The first-order valence-corrected chi connectivity index (χ1v) is 16.5. The number of hydrogen-bond donors (Lipinski definition) is 6. The van der Waals surface area contributed by atoms with Crippen LogP contribution in [0, 0.1) is 17.8 Å². The van der Waals surface area contributed by atoms with Crippen molar-refractivity contribution in [2.24, 2.45) is 5.92 Å². The van der Waals surface area contributed by atoms with Crippen molar-refractivity contribution >= 4 is 23.8 Å². The van der Waals surface area contributed by atoms with Crippen LogP contribution in [-0.2, 0) is 25.6 Å². The van der Waals surface area contributed by atoms with E-state index in [-0.39, 0.29) is 13.0 Å². The Labute approximate surface area is 278 Å². The van der Waals surface area contributed by atoms with Gasteiger partial charge in [-0.25, -0.2) is 9.59 Å². The molecule has 2 unspecified atom stereocenters. The normalized spacial score (nSPS) is 15.0. The number of allylic oxidation sites excluding steroid dienone is 1. The predicted molar refractivity (Wildman–Crippen MR) is 178 cm³/mol. The van der Waals surface area contributed by atoms with E-state index in [0.29, 0.717) is 30.6 Å². The first-order chi connectivity index (χ1) is 22.3. The highest BCUT2D eigenvalue weighted by atomic mass is 16.5. The van der Waals surface area contributed by atoms with Crippen LogP contribution >= 0.6 is 0 Å². The molecule has 0 aromatic heterocycles. The third-order valence-corrected chi connectivity index (χ3v) is 8.04. The molecule has 0 heterocycles. The van der Waals surface area contributed by atoms with E-state index in [0.717, 1.165) is 44.6 Å². The summed E-state index contributed by atoms with van der Waals surface area (Å²) in [5.74, 6) is -1.99. The molecule has 1 aromatic carbocycles. The van der Waals surface area contributed by atoms with E-state index in [9.17, 15) is 44.7 Å². The molecule has 0 fully saturated rings. The van der Waals surface area contributed by atoms with Crippen LogP contribution < -0.4 is 10.1 Å². The van der Waals surface area contributed by atoms with Crippen molar-refractivity contribution in [2.45, 2.75) is 128 Å². The molecule has 11 heteroatoms. The van der Waals surface area contributed by atoms with E-state index in [4.69, 9.17) is 4.74 Å². The van der Waals surface area contributed by atoms with Crippen LogP contribution in [0.4, 0.5) is 0 Å². The van der Waals surface area contributed by atoms with E-state index >= 15 is 0 Å². The minimum absolute atomic E-state index is 0.164. The number of carbonyl (C=O) groups excluding carboxylic acids is 1. The number of carboxylic acid groups (broad SMARTS) is 3. The lowest BCUT2D eigenvalue weighted by Crippen LogP contribution is -2.55. The Morgan fingerprint density at radius 2 is 1.51 bits per heavy atom. The summed E-state index contributed by atoms with van der Waals surface area (Å²) >= 11 is 0. The first-order valence-electron chi connectivity index (χ1n) is 16.5. The highest BCUT2D eigenvalue weighted by Crippen LogP contribution is 2.26. The fourth-order valence-electron chi connectivity index (χ4n) is 5.21. The van der Waals surface area contributed by atoms with E-state index in [1.165, 1.54) is 25.3 Å². The lowest BCUT2D eigenvalue weighted by Gasteiger charge is -2.29. The molecular formula is C36H53NO10. The van der Waals surface area contributed by atoms with Crippen LogP contribution in [0.2, 0.25) is 0 Å². The molecule has 0 radical (unpaired) electrons. The molecule has 0 spiro atoms. The van der Waals surface area contributed by atoms with Gasteiger partial charge in [0.2, 0.25) is 5.91 Å². The zero-order valence-electron chi connectivity index (χ0n) is 28.0. The summed E-state index contributed by atoms with van der Waals surface area (Å²) in [7, 11) is 0. The van der Waals surface area contributed by atoms with Crippen molar-refractivity contribution < 1.29 is 49.4 Å². The zero-order chi connectivity index (χ0) is 35.3. The fourth-order valence-corrected chi connectivity index (χ4v) is 5.21. The lowest BCUT2D eigenvalue weighted by atomic mass is 9.82. The van der Waals surface area contributed by atoms with Crippen LogP contribution in [0.15, 0.2) is 36.4 Å². The molecule has 0 bridgehead atoms. The van der Waals surface area contributed by atoms with Crippen LogP contribution in [0.5, 0.6) is 5.75 Å². The highest BCUT2D eigenvalue weighted by Gasteiger charge is 2.49. The minimum atomic E-state index is -3.02. The number of rotatable bonds is 25. The van der Waals surface area contributed by atoms with E-state index in [1.54, 1.807) is 31.2 Å². The zero-order valence-corrected chi connectivity index (χ0v) is 28.0. The van der Waals surface area contributed by atoms with Gasteiger partial charge in [-0.05, 0) is 57.2 Å². The Hall–Kier alpha value is -3.88. The van der Waals surface area contributed by atoms with Gasteiger partial charge < -0.3 is 35.6 Å². The Morgan fingerprint density at radius 3 is 2.04 bits per heavy atom. The van der Waals surface area contributed by atoms with Gasteiger partial charge in [-0.15, -0.1) is 5.92 Å². The number of amides is 1. The summed E-state index contributed by atoms with van der Waals surface area (Å²) in [4.78, 5) is 48.9. The van der Waals surface area contributed by atoms with Gasteiger partial charge in [0, 0.05) is 6.42 Å². The predicted octanol–water partition coefficient (Wildman–Crippen LogP) is 5.12. The van der Waals surface area contributed by atoms with Gasteiger partial charge in [-0.2, -0.15) is 0 Å². The average molecular weight is 660 g/mol. The van der Waals surface area contributed by atoms with Crippen LogP contribution in [-0.4, -0.2) is 73.2 Å². The first kappa shape index (κ1) is 41.1. The lowest BCUT2D eigenvalue weighted by molar-refractivity contribution is -0.172. The number of aliphatic hydroxyl groups is 2. The largest absolute Gasteiger partial charge is 0.481 e. The van der Waals surface area contributed by atoms with E-state index in [2.05, 4.69) is 24.1 Å². The Morgan fingerprint density at radius 1 is 0.915 bits per heavy atom. The van der Waals surface area contributed by atoms with Crippen molar-refractivity contribution in [3.63, 3.8) is 0 Å². The monoisotopic (exact) mass is 659 g/mol. The topological polar surface area (TPSA) is 191 Å². The molecule has 0 aliphatic rings. The molecule has 1 amide bonds. The number of hydrogen-bond acceptors (Lipinski definition) is 7. The molecule has 1 aromatic rings. The van der Waals surface area contributed by atoms with Gasteiger partial charge in [0.1, 0.15) is 18.4 Å². The summed E-state index contributed by atoms with van der Waals surface area (Å²) in [6.07, 6.45) is 12.0. The Kier molecular flexibility index (Phi) is 19.1. The maximum atomic E-state index is 13.3. The molecule has 6 N–H and O–H groups in total. The summed E-state index contributed by atoms with van der Waals surface area (Å²) in [6.45, 7) is 5.90. The second kappa shape index (κ2) is 21.8. The molecule has 1 rings (SSSR count). The van der Waals surface area contributed by atoms with Crippen molar-refractivity contribution in [1.29, 1.82) is 0 Å². The third kappa shape index (κ3) is 16.5. The highest BCUT2D eigenvalue weighted by molar-refractivity contribution is 5.94. The number of carbonyl (C=O) groups is 4. The molecule has 0 saturated heterocycles.